The monoisotopic (exact) mass is 405 g/mol. The molecule has 1 rings (SSSR count). The van der Waals surface area contributed by atoms with E-state index in [4.69, 9.17) is 0 Å². The second kappa shape index (κ2) is 7.54. The summed E-state index contributed by atoms with van der Waals surface area (Å²) >= 11 is 0. The average molecular weight is 405 g/mol. The van der Waals surface area contributed by atoms with Gasteiger partial charge in [0.1, 0.15) is 0 Å². The zero-order chi connectivity index (χ0) is 21.2. The van der Waals surface area contributed by atoms with Crippen LogP contribution in [-0.2, 0) is 5.60 Å². The quantitative estimate of drug-likeness (QED) is 0.306. The van der Waals surface area contributed by atoms with Crippen LogP contribution in [0.5, 0.6) is 0 Å². The van der Waals surface area contributed by atoms with Gasteiger partial charge in [-0.05, 0) is 6.42 Å². The first-order valence-electron chi connectivity index (χ1n) is 7.25. The average Bonchev–Trinajstić information content (AvgIpc) is 2.51. The number of alkyl halides is 6. The van der Waals surface area contributed by atoms with Gasteiger partial charge in [0.15, 0.2) is 5.69 Å². The molecule has 27 heavy (non-hydrogen) atoms. The summed E-state index contributed by atoms with van der Waals surface area (Å²) in [4.78, 5) is 19.5. The van der Waals surface area contributed by atoms with Crippen molar-refractivity contribution in [1.29, 1.82) is 0 Å². The van der Waals surface area contributed by atoms with Crippen LogP contribution in [0, 0.1) is 20.2 Å². The molecule has 0 heterocycles. The van der Waals surface area contributed by atoms with Crippen molar-refractivity contribution in [3.8, 4) is 0 Å². The first-order valence-corrected chi connectivity index (χ1v) is 7.25. The Labute approximate surface area is 147 Å². The third-order valence-electron chi connectivity index (χ3n) is 3.56. The van der Waals surface area contributed by atoms with E-state index in [0.717, 1.165) is 0 Å². The third kappa shape index (κ3) is 4.20. The summed E-state index contributed by atoms with van der Waals surface area (Å²) in [5.41, 5.74) is -11.3. The summed E-state index contributed by atoms with van der Waals surface area (Å²) in [6, 6.07) is -0.357. The number of hydrogen-bond acceptors (Lipinski definition) is 6. The molecule has 152 valence electrons. The van der Waals surface area contributed by atoms with Crippen LogP contribution in [0.4, 0.5) is 43.4 Å². The predicted molar refractivity (Wildman–Crippen MR) is 79.2 cm³/mol. The molecule has 1 aromatic carbocycles. The van der Waals surface area contributed by atoms with Crippen molar-refractivity contribution in [2.45, 2.75) is 37.7 Å². The van der Waals surface area contributed by atoms with Crippen molar-refractivity contribution in [2.24, 2.45) is 0 Å². The van der Waals surface area contributed by atoms with Crippen LogP contribution in [0.2, 0.25) is 0 Å². The fourth-order valence-electron chi connectivity index (χ4n) is 2.17. The number of benzene rings is 1. The number of hydrogen-bond donors (Lipinski definition) is 2. The molecule has 0 bridgehead atoms. The number of rotatable bonds is 7. The second-order valence-electron chi connectivity index (χ2n) is 5.39. The molecule has 0 aliphatic heterocycles. The fourth-order valence-corrected chi connectivity index (χ4v) is 2.17. The Morgan fingerprint density at radius 3 is 1.70 bits per heavy atom. The van der Waals surface area contributed by atoms with Crippen molar-refractivity contribution in [3.63, 3.8) is 0 Å². The standard InChI is InChI=1S/C13H13F6N3O5/c1-2-3-4-20-10-8(21(24)25)5-7(6-9(10)22(26)27)11(23,12(14,15)16)13(17,18)19/h5-6,20,23H,2-4H2,1H3. The van der Waals surface area contributed by atoms with E-state index >= 15 is 0 Å². The van der Waals surface area contributed by atoms with Crippen molar-refractivity contribution in [2.75, 3.05) is 11.9 Å². The highest BCUT2D eigenvalue weighted by molar-refractivity contribution is 5.75. The number of nitro benzene ring substituents is 2. The van der Waals surface area contributed by atoms with E-state index < -0.39 is 50.4 Å². The van der Waals surface area contributed by atoms with E-state index in [1.54, 1.807) is 6.92 Å². The minimum Gasteiger partial charge on any atom is -0.374 e. The van der Waals surface area contributed by atoms with Crippen molar-refractivity contribution >= 4 is 17.1 Å². The molecule has 0 aliphatic rings. The van der Waals surface area contributed by atoms with Gasteiger partial charge in [-0.25, -0.2) is 0 Å². The van der Waals surface area contributed by atoms with Crippen LogP contribution in [0.1, 0.15) is 25.3 Å². The van der Waals surface area contributed by atoms with Gasteiger partial charge < -0.3 is 10.4 Å². The molecule has 0 aromatic heterocycles. The number of aliphatic hydroxyl groups is 1. The van der Waals surface area contributed by atoms with Gasteiger partial charge in [-0.2, -0.15) is 26.3 Å². The summed E-state index contributed by atoms with van der Waals surface area (Å²) in [6.45, 7) is 1.65. The Hall–Kier alpha value is -2.64. The number of nitrogens with zero attached hydrogens (tertiary/aromatic N) is 2. The lowest BCUT2D eigenvalue weighted by Gasteiger charge is -2.32. The molecule has 1 aromatic rings. The molecule has 0 fully saturated rings. The molecule has 0 saturated heterocycles. The summed E-state index contributed by atoms with van der Waals surface area (Å²) < 4.78 is 77.9. The van der Waals surface area contributed by atoms with Gasteiger partial charge in [0.25, 0.3) is 17.0 Å². The van der Waals surface area contributed by atoms with Crippen molar-refractivity contribution in [1.82, 2.24) is 0 Å². The van der Waals surface area contributed by atoms with Crippen LogP contribution in [0.25, 0.3) is 0 Å². The largest absolute Gasteiger partial charge is 0.430 e. The molecule has 0 aliphatic carbocycles. The Balaban J connectivity index is 3.81. The van der Waals surface area contributed by atoms with Crippen molar-refractivity contribution < 1.29 is 41.3 Å². The van der Waals surface area contributed by atoms with E-state index in [0.29, 0.717) is 12.8 Å². The summed E-state index contributed by atoms with van der Waals surface area (Å²) in [5.74, 6) is 0. The van der Waals surface area contributed by atoms with Gasteiger partial charge in [-0.15, -0.1) is 0 Å². The first-order chi connectivity index (χ1) is 12.2. The SMILES string of the molecule is CCCCNc1c([N+](=O)[O-])cc(C(O)(C(F)(F)F)C(F)(F)F)cc1[N+](=O)[O-]. The van der Waals surface area contributed by atoms with Gasteiger partial charge in [0, 0.05) is 24.2 Å². The van der Waals surface area contributed by atoms with Gasteiger partial charge in [0.05, 0.1) is 9.85 Å². The van der Waals surface area contributed by atoms with Crippen LogP contribution >= 0.6 is 0 Å². The molecule has 8 nitrogen and oxygen atoms in total. The first kappa shape index (κ1) is 22.4. The van der Waals surface area contributed by atoms with Crippen LogP contribution < -0.4 is 5.32 Å². The predicted octanol–water partition coefficient (Wildman–Crippen LogP) is 4.03. The molecule has 0 radical (unpaired) electrons. The Kier molecular flexibility index (Phi) is 6.25. The number of nitrogens with one attached hydrogen (secondary N) is 1. The fraction of sp³-hybridized carbons (Fsp3) is 0.538. The lowest BCUT2D eigenvalue weighted by molar-refractivity contribution is -0.394. The molecule has 0 spiro atoms. The summed E-state index contributed by atoms with van der Waals surface area (Å²) in [7, 11) is 0. The molecule has 0 unspecified atom stereocenters. The summed E-state index contributed by atoms with van der Waals surface area (Å²) in [6.07, 6.45) is -11.8. The van der Waals surface area contributed by atoms with Gasteiger partial charge >= 0.3 is 12.4 Å². The lowest BCUT2D eigenvalue weighted by Crippen LogP contribution is -2.54. The molecule has 0 saturated carbocycles. The highest BCUT2D eigenvalue weighted by atomic mass is 19.4. The third-order valence-corrected chi connectivity index (χ3v) is 3.56. The zero-order valence-electron chi connectivity index (χ0n) is 13.5. The van der Waals surface area contributed by atoms with E-state index in [1.165, 1.54) is 0 Å². The smallest absolute Gasteiger partial charge is 0.374 e. The van der Waals surface area contributed by atoms with E-state index in [1.807, 2.05) is 0 Å². The minimum absolute atomic E-state index is 0.0552. The highest BCUT2D eigenvalue weighted by Crippen LogP contribution is 2.52. The van der Waals surface area contributed by atoms with E-state index in [-0.39, 0.29) is 18.7 Å². The normalized spacial score (nSPS) is 12.7. The molecule has 2 N–H and O–H groups in total. The van der Waals surface area contributed by atoms with E-state index in [9.17, 15) is 51.7 Å². The van der Waals surface area contributed by atoms with Gasteiger partial charge in [0.2, 0.25) is 0 Å². The van der Waals surface area contributed by atoms with Crippen LogP contribution in [-0.4, -0.2) is 33.9 Å². The Morgan fingerprint density at radius 2 is 1.41 bits per heavy atom. The Morgan fingerprint density at radius 1 is 1.00 bits per heavy atom. The minimum atomic E-state index is -6.34. The second-order valence-corrected chi connectivity index (χ2v) is 5.39. The number of nitro groups is 2. The molecule has 14 heteroatoms. The van der Waals surface area contributed by atoms with Crippen LogP contribution in [0.3, 0.4) is 0 Å². The zero-order valence-corrected chi connectivity index (χ0v) is 13.5. The number of halogens is 6. The molecule has 0 atom stereocenters. The van der Waals surface area contributed by atoms with E-state index in [2.05, 4.69) is 5.32 Å². The van der Waals surface area contributed by atoms with Gasteiger partial charge in [-0.1, -0.05) is 13.3 Å². The number of unbranched alkanes of at least 4 members (excludes halogenated alkanes) is 1. The maximum absolute atomic E-state index is 13.0. The lowest BCUT2D eigenvalue weighted by atomic mass is 9.91. The Bertz CT molecular complexity index is 685. The van der Waals surface area contributed by atoms with Crippen LogP contribution in [0.15, 0.2) is 12.1 Å². The number of anilines is 1. The molecule has 0 amide bonds. The summed E-state index contributed by atoms with van der Waals surface area (Å²) in [5, 5.41) is 33.8. The molecular weight excluding hydrogens is 392 g/mol. The highest BCUT2D eigenvalue weighted by Gasteiger charge is 2.72. The topological polar surface area (TPSA) is 119 Å². The maximum Gasteiger partial charge on any atom is 0.430 e. The maximum atomic E-state index is 13.0. The van der Waals surface area contributed by atoms with Gasteiger partial charge in [-0.3, -0.25) is 20.2 Å². The molecular formula is C13H13F6N3O5. The van der Waals surface area contributed by atoms with Crippen molar-refractivity contribution in [3.05, 3.63) is 37.9 Å².